The number of hydrogen-bond acceptors (Lipinski definition) is 3. The first-order valence-corrected chi connectivity index (χ1v) is 5.16. The van der Waals surface area contributed by atoms with Crippen molar-refractivity contribution in [3.63, 3.8) is 0 Å². The van der Waals surface area contributed by atoms with E-state index in [1.54, 1.807) is 12.1 Å². The number of nitrogens with zero attached hydrogens (tertiary/aromatic N) is 2. The molecule has 0 atom stereocenters. The van der Waals surface area contributed by atoms with Crippen LogP contribution >= 0.6 is 0 Å². The summed E-state index contributed by atoms with van der Waals surface area (Å²) >= 11 is 0. The van der Waals surface area contributed by atoms with Gasteiger partial charge in [0.05, 0.1) is 5.56 Å². The summed E-state index contributed by atoms with van der Waals surface area (Å²) in [5.41, 5.74) is 0.211. The number of carboxylic acids is 1. The summed E-state index contributed by atoms with van der Waals surface area (Å²) in [6.07, 6.45) is 5.25. The fraction of sp³-hybridized carbons (Fsp3) is 0.333. The van der Waals surface area contributed by atoms with Crippen molar-refractivity contribution in [1.29, 1.82) is 0 Å². The highest BCUT2D eigenvalue weighted by Crippen LogP contribution is 2.10. The van der Waals surface area contributed by atoms with Crippen molar-refractivity contribution in [2.45, 2.75) is 12.8 Å². The quantitative estimate of drug-likeness (QED) is 0.589. The van der Waals surface area contributed by atoms with E-state index in [4.69, 9.17) is 5.11 Å². The standard InChI is InChI=1S/C12H16N2O2/c1-3-4-5-8-14(2)11-7-6-10(9-13-11)12(15)16/h3,6-7,9H,1,4-5,8H2,2H3,(H,15,16). The van der Waals surface area contributed by atoms with Gasteiger partial charge < -0.3 is 10.0 Å². The van der Waals surface area contributed by atoms with Gasteiger partial charge in [0.1, 0.15) is 5.82 Å². The number of hydrogen-bond donors (Lipinski definition) is 1. The van der Waals surface area contributed by atoms with Crippen LogP contribution in [0.4, 0.5) is 5.82 Å². The third kappa shape index (κ3) is 3.38. The van der Waals surface area contributed by atoms with Crippen LogP contribution < -0.4 is 4.90 Å². The van der Waals surface area contributed by atoms with Crippen LogP contribution in [0.3, 0.4) is 0 Å². The highest BCUT2D eigenvalue weighted by molar-refractivity contribution is 5.87. The number of unbranched alkanes of at least 4 members (excludes halogenated alkanes) is 1. The number of rotatable bonds is 6. The van der Waals surface area contributed by atoms with Gasteiger partial charge in [0.15, 0.2) is 0 Å². The molecule has 0 aliphatic rings. The van der Waals surface area contributed by atoms with Gasteiger partial charge in [-0.1, -0.05) is 6.08 Å². The van der Waals surface area contributed by atoms with Crippen LogP contribution in [0.15, 0.2) is 31.0 Å². The molecule has 0 radical (unpaired) electrons. The second-order valence-electron chi connectivity index (χ2n) is 3.56. The molecule has 4 heteroatoms. The van der Waals surface area contributed by atoms with Gasteiger partial charge >= 0.3 is 5.97 Å². The van der Waals surface area contributed by atoms with Gasteiger partial charge in [-0.25, -0.2) is 9.78 Å². The summed E-state index contributed by atoms with van der Waals surface area (Å²) in [4.78, 5) is 16.7. The van der Waals surface area contributed by atoms with Crippen LogP contribution in [-0.4, -0.2) is 29.7 Å². The number of aromatic nitrogens is 1. The number of allylic oxidation sites excluding steroid dienone is 1. The molecule has 1 heterocycles. The Morgan fingerprint density at radius 2 is 2.38 bits per heavy atom. The average Bonchev–Trinajstić information content (AvgIpc) is 2.29. The first-order valence-electron chi connectivity index (χ1n) is 5.16. The lowest BCUT2D eigenvalue weighted by Crippen LogP contribution is -2.19. The predicted molar refractivity (Wildman–Crippen MR) is 63.9 cm³/mol. The molecule has 1 aromatic rings. The minimum atomic E-state index is -0.951. The molecule has 1 aromatic heterocycles. The summed E-state index contributed by atoms with van der Waals surface area (Å²) in [6.45, 7) is 4.54. The number of pyridine rings is 1. The molecule has 0 amide bonds. The Labute approximate surface area is 95.2 Å². The van der Waals surface area contributed by atoms with E-state index in [2.05, 4.69) is 11.6 Å². The van der Waals surface area contributed by atoms with Crippen LogP contribution in [0.1, 0.15) is 23.2 Å². The third-order valence-corrected chi connectivity index (χ3v) is 2.29. The third-order valence-electron chi connectivity index (χ3n) is 2.29. The summed E-state index contributed by atoms with van der Waals surface area (Å²) in [5.74, 6) is -0.164. The molecule has 0 fully saturated rings. The molecule has 0 aromatic carbocycles. The Bertz CT molecular complexity index is 360. The molecule has 0 spiro atoms. The summed E-state index contributed by atoms with van der Waals surface area (Å²) in [7, 11) is 1.94. The zero-order valence-corrected chi connectivity index (χ0v) is 9.39. The van der Waals surface area contributed by atoms with Crippen molar-refractivity contribution in [2.75, 3.05) is 18.5 Å². The van der Waals surface area contributed by atoms with Crippen LogP contribution in [0.2, 0.25) is 0 Å². The first kappa shape index (κ1) is 12.2. The molecule has 0 aliphatic carbocycles. The van der Waals surface area contributed by atoms with Gasteiger partial charge in [0.2, 0.25) is 0 Å². The van der Waals surface area contributed by atoms with Gasteiger partial charge in [-0.2, -0.15) is 0 Å². The Balaban J connectivity index is 2.59. The lowest BCUT2D eigenvalue weighted by Gasteiger charge is -2.17. The Morgan fingerprint density at radius 1 is 1.62 bits per heavy atom. The normalized spacial score (nSPS) is 9.81. The second kappa shape index (κ2) is 5.90. The number of carboxylic acid groups (broad SMARTS) is 1. The molecule has 0 saturated heterocycles. The maximum Gasteiger partial charge on any atom is 0.337 e. The fourth-order valence-electron chi connectivity index (χ4n) is 1.33. The average molecular weight is 220 g/mol. The molecular weight excluding hydrogens is 204 g/mol. The molecule has 1 rings (SSSR count). The van der Waals surface area contributed by atoms with E-state index in [0.717, 1.165) is 25.2 Å². The molecule has 4 nitrogen and oxygen atoms in total. The summed E-state index contributed by atoms with van der Waals surface area (Å²) < 4.78 is 0. The minimum absolute atomic E-state index is 0.211. The highest BCUT2D eigenvalue weighted by Gasteiger charge is 2.05. The van der Waals surface area contributed by atoms with E-state index in [0.29, 0.717) is 0 Å². The predicted octanol–water partition coefficient (Wildman–Crippen LogP) is 2.18. The van der Waals surface area contributed by atoms with Crippen molar-refractivity contribution in [1.82, 2.24) is 4.98 Å². The fourth-order valence-corrected chi connectivity index (χ4v) is 1.33. The number of anilines is 1. The zero-order valence-electron chi connectivity index (χ0n) is 9.39. The monoisotopic (exact) mass is 220 g/mol. The molecule has 0 bridgehead atoms. The zero-order chi connectivity index (χ0) is 12.0. The lowest BCUT2D eigenvalue weighted by molar-refractivity contribution is 0.0696. The van der Waals surface area contributed by atoms with Crippen LogP contribution in [0.5, 0.6) is 0 Å². The van der Waals surface area contributed by atoms with E-state index < -0.39 is 5.97 Å². The highest BCUT2D eigenvalue weighted by atomic mass is 16.4. The maximum absolute atomic E-state index is 10.6. The van der Waals surface area contributed by atoms with Crippen LogP contribution in [0, 0.1) is 0 Å². The molecular formula is C12H16N2O2. The number of carbonyl (C=O) groups is 1. The maximum atomic E-state index is 10.6. The SMILES string of the molecule is C=CCCCN(C)c1ccc(C(=O)O)cn1. The molecule has 16 heavy (non-hydrogen) atoms. The molecule has 86 valence electrons. The summed E-state index contributed by atoms with van der Waals surface area (Å²) in [6, 6.07) is 3.28. The minimum Gasteiger partial charge on any atom is -0.478 e. The Hall–Kier alpha value is -1.84. The first-order chi connectivity index (χ1) is 7.65. The van der Waals surface area contributed by atoms with Gasteiger partial charge in [-0.15, -0.1) is 6.58 Å². The van der Waals surface area contributed by atoms with Crippen molar-refractivity contribution in [2.24, 2.45) is 0 Å². The topological polar surface area (TPSA) is 53.4 Å². The molecule has 0 saturated carbocycles. The Morgan fingerprint density at radius 3 is 2.88 bits per heavy atom. The number of aromatic carboxylic acids is 1. The Kier molecular flexibility index (Phi) is 4.51. The van der Waals surface area contributed by atoms with Crippen molar-refractivity contribution in [3.8, 4) is 0 Å². The van der Waals surface area contributed by atoms with Crippen molar-refractivity contribution >= 4 is 11.8 Å². The van der Waals surface area contributed by atoms with E-state index in [-0.39, 0.29) is 5.56 Å². The van der Waals surface area contributed by atoms with Crippen molar-refractivity contribution in [3.05, 3.63) is 36.5 Å². The van der Waals surface area contributed by atoms with E-state index in [1.165, 1.54) is 6.20 Å². The van der Waals surface area contributed by atoms with E-state index >= 15 is 0 Å². The van der Waals surface area contributed by atoms with Crippen molar-refractivity contribution < 1.29 is 9.90 Å². The van der Waals surface area contributed by atoms with E-state index in [1.807, 2.05) is 18.0 Å². The molecule has 0 aliphatic heterocycles. The van der Waals surface area contributed by atoms with E-state index in [9.17, 15) is 4.79 Å². The molecule has 1 N–H and O–H groups in total. The lowest BCUT2D eigenvalue weighted by atomic mass is 10.2. The smallest absolute Gasteiger partial charge is 0.337 e. The molecule has 0 unspecified atom stereocenters. The van der Waals surface area contributed by atoms with Gasteiger partial charge in [-0.3, -0.25) is 0 Å². The van der Waals surface area contributed by atoms with Gasteiger partial charge in [0.25, 0.3) is 0 Å². The van der Waals surface area contributed by atoms with Gasteiger partial charge in [0, 0.05) is 19.8 Å². The summed E-state index contributed by atoms with van der Waals surface area (Å²) in [5, 5.41) is 8.72. The van der Waals surface area contributed by atoms with Gasteiger partial charge in [-0.05, 0) is 25.0 Å². The largest absolute Gasteiger partial charge is 0.478 e. The van der Waals surface area contributed by atoms with Crippen LogP contribution in [0.25, 0.3) is 0 Å². The second-order valence-corrected chi connectivity index (χ2v) is 3.56. The van der Waals surface area contributed by atoms with Crippen LogP contribution in [-0.2, 0) is 0 Å².